The molecule has 0 unspecified atom stereocenters. The van der Waals surface area contributed by atoms with Crippen molar-refractivity contribution in [2.24, 2.45) is 0 Å². The fourth-order valence-corrected chi connectivity index (χ4v) is 1.37. The highest BCUT2D eigenvalue weighted by molar-refractivity contribution is 6.35. The van der Waals surface area contributed by atoms with Gasteiger partial charge in [0.25, 0.3) is 0 Å². The van der Waals surface area contributed by atoms with Gasteiger partial charge in [0, 0.05) is 10.9 Å². The van der Waals surface area contributed by atoms with Crippen molar-refractivity contribution in [3.8, 4) is 0 Å². The Morgan fingerprint density at radius 1 is 1.36 bits per heavy atom. The quantitative estimate of drug-likeness (QED) is 0.620. The zero-order valence-corrected chi connectivity index (χ0v) is 6.52. The van der Waals surface area contributed by atoms with E-state index in [9.17, 15) is 0 Å². The molecule has 1 aromatic heterocycles. The zero-order chi connectivity index (χ0) is 7.84. The summed E-state index contributed by atoms with van der Waals surface area (Å²) in [6.45, 7) is 0. The van der Waals surface area contributed by atoms with Crippen LogP contribution in [0.4, 0.5) is 5.82 Å². The van der Waals surface area contributed by atoms with Crippen molar-refractivity contribution in [3.05, 3.63) is 29.3 Å². The van der Waals surface area contributed by atoms with Crippen molar-refractivity contribution in [1.82, 2.24) is 4.98 Å². The molecule has 0 saturated carbocycles. The molecule has 0 aliphatic heterocycles. The largest absolute Gasteiger partial charge is 0.385 e. The molecular formula is C8H7ClN2. The maximum Gasteiger partial charge on any atom is 0.101 e. The summed E-state index contributed by atoms with van der Waals surface area (Å²) >= 11 is 5.89. The molecule has 0 aliphatic rings. The maximum absolute atomic E-state index is 5.89. The third kappa shape index (κ3) is 0.955. The molecule has 0 radical (unpaired) electrons. The fourth-order valence-electron chi connectivity index (χ4n) is 1.14. The third-order valence-electron chi connectivity index (χ3n) is 1.63. The van der Waals surface area contributed by atoms with E-state index in [4.69, 9.17) is 17.3 Å². The molecular weight excluding hydrogens is 160 g/mol. The van der Waals surface area contributed by atoms with E-state index in [1.807, 2.05) is 24.3 Å². The summed E-state index contributed by atoms with van der Waals surface area (Å²) in [5, 5.41) is 1.71. The monoisotopic (exact) mass is 166 g/mol. The van der Waals surface area contributed by atoms with Crippen LogP contribution in [0.5, 0.6) is 0 Å². The first-order chi connectivity index (χ1) is 5.27. The second kappa shape index (κ2) is 2.17. The number of hydrogen-bond acceptors (Lipinski definition) is 1. The predicted molar refractivity (Wildman–Crippen MR) is 47.7 cm³/mol. The minimum atomic E-state index is 0.646. The topological polar surface area (TPSA) is 41.8 Å². The van der Waals surface area contributed by atoms with E-state index in [1.54, 1.807) is 0 Å². The van der Waals surface area contributed by atoms with Crippen LogP contribution >= 0.6 is 11.6 Å². The standard InChI is InChI=1S/C8H7ClN2/c9-6-2-1-3-7-5(6)4-8(10)11-7/h1-4,11H,10H2. The Kier molecular flexibility index (Phi) is 1.29. The Morgan fingerprint density at radius 3 is 2.91 bits per heavy atom. The second-order valence-corrected chi connectivity index (χ2v) is 2.83. The first-order valence-corrected chi connectivity index (χ1v) is 3.68. The number of hydrogen-bond donors (Lipinski definition) is 2. The Balaban J connectivity index is 2.90. The zero-order valence-electron chi connectivity index (χ0n) is 5.76. The summed E-state index contributed by atoms with van der Waals surface area (Å²) in [4.78, 5) is 2.99. The van der Waals surface area contributed by atoms with E-state index in [2.05, 4.69) is 4.98 Å². The van der Waals surface area contributed by atoms with Gasteiger partial charge in [-0.25, -0.2) is 0 Å². The molecule has 56 valence electrons. The molecule has 0 amide bonds. The summed E-state index contributed by atoms with van der Waals surface area (Å²) in [6.07, 6.45) is 0. The van der Waals surface area contributed by atoms with Gasteiger partial charge in [0.05, 0.1) is 5.02 Å². The van der Waals surface area contributed by atoms with Gasteiger partial charge in [-0.3, -0.25) is 0 Å². The van der Waals surface area contributed by atoms with Gasteiger partial charge in [-0.15, -0.1) is 0 Å². The van der Waals surface area contributed by atoms with Crippen molar-refractivity contribution in [3.63, 3.8) is 0 Å². The molecule has 1 aromatic carbocycles. The molecule has 0 fully saturated rings. The number of rotatable bonds is 0. The summed E-state index contributed by atoms with van der Waals surface area (Å²) in [5.41, 5.74) is 6.53. The molecule has 0 saturated heterocycles. The summed E-state index contributed by atoms with van der Waals surface area (Å²) in [5.74, 6) is 0.646. The van der Waals surface area contributed by atoms with Crippen LogP contribution < -0.4 is 5.73 Å². The highest BCUT2D eigenvalue weighted by Gasteiger charge is 1.99. The SMILES string of the molecule is Nc1cc2c(Cl)cccc2[nH]1. The van der Waals surface area contributed by atoms with Gasteiger partial charge in [0.15, 0.2) is 0 Å². The van der Waals surface area contributed by atoms with E-state index in [0.29, 0.717) is 5.82 Å². The molecule has 3 heteroatoms. The van der Waals surface area contributed by atoms with Crippen molar-refractivity contribution in [2.75, 3.05) is 5.73 Å². The lowest BCUT2D eigenvalue weighted by Crippen LogP contribution is -1.80. The van der Waals surface area contributed by atoms with Gasteiger partial charge in [-0.05, 0) is 18.2 Å². The number of H-pyrrole nitrogens is 1. The van der Waals surface area contributed by atoms with Gasteiger partial charge < -0.3 is 10.7 Å². The van der Waals surface area contributed by atoms with Crippen LogP contribution in [0.1, 0.15) is 0 Å². The third-order valence-corrected chi connectivity index (χ3v) is 1.96. The molecule has 0 spiro atoms. The molecule has 0 aliphatic carbocycles. The van der Waals surface area contributed by atoms with Crippen LogP contribution in [0.2, 0.25) is 5.02 Å². The average Bonchev–Trinajstić information content (AvgIpc) is 2.31. The number of benzene rings is 1. The Labute approximate surface area is 69.0 Å². The highest BCUT2D eigenvalue weighted by atomic mass is 35.5. The van der Waals surface area contributed by atoms with Crippen molar-refractivity contribution < 1.29 is 0 Å². The minimum Gasteiger partial charge on any atom is -0.385 e. The van der Waals surface area contributed by atoms with E-state index in [-0.39, 0.29) is 0 Å². The molecule has 2 aromatic rings. The Morgan fingerprint density at radius 2 is 2.18 bits per heavy atom. The number of aromatic nitrogens is 1. The maximum atomic E-state index is 5.89. The van der Waals surface area contributed by atoms with Crippen molar-refractivity contribution in [1.29, 1.82) is 0 Å². The normalized spacial score (nSPS) is 10.6. The van der Waals surface area contributed by atoms with Crippen LogP contribution in [-0.2, 0) is 0 Å². The number of nitrogen functional groups attached to an aromatic ring is 1. The van der Waals surface area contributed by atoms with E-state index in [1.165, 1.54) is 0 Å². The van der Waals surface area contributed by atoms with Crippen LogP contribution in [-0.4, -0.2) is 4.98 Å². The lowest BCUT2D eigenvalue weighted by molar-refractivity contribution is 1.47. The van der Waals surface area contributed by atoms with E-state index >= 15 is 0 Å². The van der Waals surface area contributed by atoms with Gasteiger partial charge in [-0.2, -0.15) is 0 Å². The fraction of sp³-hybridized carbons (Fsp3) is 0. The lowest BCUT2D eigenvalue weighted by Gasteiger charge is -1.89. The first-order valence-electron chi connectivity index (χ1n) is 3.30. The second-order valence-electron chi connectivity index (χ2n) is 2.43. The Bertz CT molecular complexity index is 392. The Hall–Kier alpha value is -1.15. The summed E-state index contributed by atoms with van der Waals surface area (Å²) in [6, 6.07) is 7.51. The van der Waals surface area contributed by atoms with Crippen LogP contribution in [0.15, 0.2) is 24.3 Å². The number of nitrogens with one attached hydrogen (secondary N) is 1. The summed E-state index contributed by atoms with van der Waals surface area (Å²) in [7, 11) is 0. The van der Waals surface area contributed by atoms with Gasteiger partial charge in [0.1, 0.15) is 5.82 Å². The minimum absolute atomic E-state index is 0.646. The first kappa shape index (κ1) is 6.55. The highest BCUT2D eigenvalue weighted by Crippen LogP contribution is 2.24. The molecule has 1 heterocycles. The molecule has 0 bridgehead atoms. The van der Waals surface area contributed by atoms with E-state index in [0.717, 1.165) is 15.9 Å². The molecule has 3 N–H and O–H groups in total. The van der Waals surface area contributed by atoms with Crippen LogP contribution in [0.25, 0.3) is 10.9 Å². The van der Waals surface area contributed by atoms with Crippen molar-refractivity contribution in [2.45, 2.75) is 0 Å². The number of aromatic amines is 1. The molecule has 11 heavy (non-hydrogen) atoms. The number of anilines is 1. The number of fused-ring (bicyclic) bond motifs is 1. The van der Waals surface area contributed by atoms with Gasteiger partial charge in [0.2, 0.25) is 0 Å². The smallest absolute Gasteiger partial charge is 0.101 e. The molecule has 2 nitrogen and oxygen atoms in total. The predicted octanol–water partition coefficient (Wildman–Crippen LogP) is 2.40. The molecule has 0 atom stereocenters. The lowest BCUT2D eigenvalue weighted by atomic mass is 10.2. The number of halogens is 1. The van der Waals surface area contributed by atoms with Crippen molar-refractivity contribution >= 4 is 28.3 Å². The van der Waals surface area contributed by atoms with Crippen LogP contribution in [0, 0.1) is 0 Å². The van der Waals surface area contributed by atoms with Gasteiger partial charge >= 0.3 is 0 Å². The van der Waals surface area contributed by atoms with Gasteiger partial charge in [-0.1, -0.05) is 17.7 Å². The average molecular weight is 167 g/mol. The summed E-state index contributed by atoms with van der Waals surface area (Å²) < 4.78 is 0. The van der Waals surface area contributed by atoms with E-state index < -0.39 is 0 Å². The van der Waals surface area contributed by atoms with Crippen LogP contribution in [0.3, 0.4) is 0 Å². The number of nitrogens with two attached hydrogens (primary N) is 1. The molecule has 2 rings (SSSR count).